The molecule has 0 unspecified atom stereocenters. The van der Waals surface area contributed by atoms with Gasteiger partial charge in [-0.25, -0.2) is 13.1 Å². The molecule has 112 valence electrons. The van der Waals surface area contributed by atoms with E-state index in [0.29, 0.717) is 23.8 Å². The molecule has 1 aliphatic rings. The van der Waals surface area contributed by atoms with Gasteiger partial charge in [0.15, 0.2) is 0 Å². The summed E-state index contributed by atoms with van der Waals surface area (Å²) in [5.41, 5.74) is 0. The largest absolute Gasteiger partial charge is 0.349 e. The molecule has 5 nitrogen and oxygen atoms in total. The maximum absolute atomic E-state index is 12.0. The van der Waals surface area contributed by atoms with Crippen molar-refractivity contribution in [2.45, 2.75) is 32.2 Å². The van der Waals surface area contributed by atoms with Gasteiger partial charge in [-0.05, 0) is 44.2 Å². The fraction of sp³-hybridized carbons (Fsp3) is 0.615. The summed E-state index contributed by atoms with van der Waals surface area (Å²) in [7, 11) is -3.15. The number of carbonyl (C=O) groups excluding carboxylic acids is 1. The molecule has 2 N–H and O–H groups in total. The van der Waals surface area contributed by atoms with E-state index in [0.717, 1.165) is 11.1 Å². The lowest BCUT2D eigenvalue weighted by Crippen LogP contribution is -2.33. The van der Waals surface area contributed by atoms with E-state index in [1.165, 1.54) is 24.2 Å². The van der Waals surface area contributed by atoms with Crippen LogP contribution in [0.2, 0.25) is 0 Å². The molecular weight excluding hydrogens is 296 g/mol. The quantitative estimate of drug-likeness (QED) is 0.798. The van der Waals surface area contributed by atoms with Gasteiger partial charge in [0.1, 0.15) is 0 Å². The molecule has 1 aromatic rings. The number of thiophene rings is 1. The molecule has 1 aromatic heterocycles. The van der Waals surface area contributed by atoms with Gasteiger partial charge in [0, 0.05) is 17.5 Å². The minimum atomic E-state index is -3.15. The molecule has 0 saturated heterocycles. The van der Waals surface area contributed by atoms with Gasteiger partial charge in [0.25, 0.3) is 5.91 Å². The summed E-state index contributed by atoms with van der Waals surface area (Å²) in [5, 5.41) is 3.01. The van der Waals surface area contributed by atoms with E-state index >= 15 is 0 Å². The average Bonchev–Trinajstić information content (AvgIpc) is 3.08. The summed E-state index contributed by atoms with van der Waals surface area (Å²) in [5.74, 6) is 0.606. The van der Waals surface area contributed by atoms with Crippen LogP contribution in [-0.4, -0.2) is 33.2 Å². The Hall–Kier alpha value is -0.920. The number of nitrogens with one attached hydrogen (secondary N) is 2. The molecule has 0 radical (unpaired) electrons. The number of sulfonamides is 1. The molecule has 1 amide bonds. The summed E-state index contributed by atoms with van der Waals surface area (Å²) in [6.07, 6.45) is 4.14. The summed E-state index contributed by atoms with van der Waals surface area (Å²) < 4.78 is 24.4. The smallest absolute Gasteiger partial charge is 0.261 e. The van der Waals surface area contributed by atoms with Gasteiger partial charge in [-0.2, -0.15) is 0 Å². The Labute approximate surface area is 123 Å². The molecule has 0 bridgehead atoms. The second-order valence-electron chi connectivity index (χ2n) is 5.28. The van der Waals surface area contributed by atoms with Crippen LogP contribution in [0.4, 0.5) is 0 Å². The van der Waals surface area contributed by atoms with Crippen molar-refractivity contribution in [3.05, 3.63) is 21.9 Å². The Bertz CT molecular complexity index is 576. The summed E-state index contributed by atoms with van der Waals surface area (Å²) in [6, 6.07) is 3.92. The first-order valence-corrected chi connectivity index (χ1v) is 9.40. The summed E-state index contributed by atoms with van der Waals surface area (Å²) in [4.78, 5) is 13.7. The van der Waals surface area contributed by atoms with Gasteiger partial charge in [-0.3, -0.25) is 4.79 Å². The van der Waals surface area contributed by atoms with E-state index in [4.69, 9.17) is 0 Å². The average molecular weight is 316 g/mol. The Morgan fingerprint density at radius 2 is 2.15 bits per heavy atom. The van der Waals surface area contributed by atoms with Gasteiger partial charge in [-0.15, -0.1) is 11.3 Å². The van der Waals surface area contributed by atoms with Crippen LogP contribution in [0.25, 0.3) is 0 Å². The predicted molar refractivity (Wildman–Crippen MR) is 80.5 cm³/mol. The molecule has 0 spiro atoms. The van der Waals surface area contributed by atoms with Crippen molar-refractivity contribution < 1.29 is 13.2 Å². The standard InChI is InChI=1S/C13H20N2O3S2/c1-9(10-3-4-10)15-13(16)12-6-5-11(19-12)7-8-14-20(2,17)18/h5-6,9-10,14H,3-4,7-8H2,1-2H3,(H,15,16)/t9-/m1/s1. The van der Waals surface area contributed by atoms with Gasteiger partial charge in [0.05, 0.1) is 11.1 Å². The highest BCUT2D eigenvalue weighted by molar-refractivity contribution is 7.88. The zero-order valence-electron chi connectivity index (χ0n) is 11.7. The molecule has 1 atom stereocenters. The molecule has 1 fully saturated rings. The first-order valence-electron chi connectivity index (χ1n) is 6.69. The Balaban J connectivity index is 1.83. The van der Waals surface area contributed by atoms with Crippen molar-refractivity contribution in [2.24, 2.45) is 5.92 Å². The van der Waals surface area contributed by atoms with Crippen molar-refractivity contribution in [2.75, 3.05) is 12.8 Å². The second-order valence-corrected chi connectivity index (χ2v) is 8.28. The monoisotopic (exact) mass is 316 g/mol. The highest BCUT2D eigenvalue weighted by Crippen LogP contribution is 2.32. The summed E-state index contributed by atoms with van der Waals surface area (Å²) >= 11 is 1.42. The van der Waals surface area contributed by atoms with Crippen molar-refractivity contribution in [3.8, 4) is 0 Å². The topological polar surface area (TPSA) is 75.3 Å². The zero-order chi connectivity index (χ0) is 14.8. The van der Waals surface area contributed by atoms with Crippen LogP contribution >= 0.6 is 11.3 Å². The van der Waals surface area contributed by atoms with Crippen LogP contribution in [0.1, 0.15) is 34.3 Å². The maximum Gasteiger partial charge on any atom is 0.261 e. The minimum Gasteiger partial charge on any atom is -0.349 e. The van der Waals surface area contributed by atoms with Crippen LogP contribution in [-0.2, 0) is 16.4 Å². The van der Waals surface area contributed by atoms with Crippen LogP contribution in [0.5, 0.6) is 0 Å². The number of hydrogen-bond acceptors (Lipinski definition) is 4. The lowest BCUT2D eigenvalue weighted by atomic mass is 10.2. The minimum absolute atomic E-state index is 0.0308. The van der Waals surface area contributed by atoms with Crippen LogP contribution < -0.4 is 10.0 Å². The van der Waals surface area contributed by atoms with Gasteiger partial charge < -0.3 is 5.32 Å². The molecule has 1 heterocycles. The maximum atomic E-state index is 12.0. The van der Waals surface area contributed by atoms with Crippen molar-refractivity contribution in [1.82, 2.24) is 10.0 Å². The first kappa shape index (κ1) is 15.5. The molecule has 20 heavy (non-hydrogen) atoms. The molecule has 0 aromatic carbocycles. The van der Waals surface area contributed by atoms with Crippen LogP contribution in [0.15, 0.2) is 12.1 Å². The SMILES string of the molecule is C[C@@H](NC(=O)c1ccc(CCNS(C)(=O)=O)s1)C1CC1. The molecule has 7 heteroatoms. The fourth-order valence-corrected chi connectivity index (χ4v) is 3.37. The van der Waals surface area contributed by atoms with Gasteiger partial charge in [0.2, 0.25) is 10.0 Å². The highest BCUT2D eigenvalue weighted by atomic mass is 32.2. The molecule has 1 aliphatic carbocycles. The molecule has 2 rings (SSSR count). The van der Waals surface area contributed by atoms with E-state index in [2.05, 4.69) is 10.0 Å². The van der Waals surface area contributed by atoms with Crippen LogP contribution in [0, 0.1) is 5.92 Å². The van der Waals surface area contributed by atoms with E-state index in [1.54, 1.807) is 6.07 Å². The van der Waals surface area contributed by atoms with Gasteiger partial charge >= 0.3 is 0 Å². The fourth-order valence-electron chi connectivity index (χ4n) is 1.99. The molecule has 1 saturated carbocycles. The van der Waals surface area contributed by atoms with E-state index < -0.39 is 10.0 Å². The Kier molecular flexibility index (Phi) is 4.82. The molecular formula is C13H20N2O3S2. The second kappa shape index (κ2) is 6.24. The molecule has 0 aliphatic heterocycles. The lowest BCUT2D eigenvalue weighted by Gasteiger charge is -2.11. The van der Waals surface area contributed by atoms with Crippen molar-refractivity contribution in [3.63, 3.8) is 0 Å². The first-order chi connectivity index (χ1) is 9.35. The Morgan fingerprint density at radius 1 is 1.45 bits per heavy atom. The van der Waals surface area contributed by atoms with Crippen LogP contribution in [0.3, 0.4) is 0 Å². The number of hydrogen-bond donors (Lipinski definition) is 2. The number of rotatable bonds is 7. The third kappa shape index (κ3) is 4.88. The van der Waals surface area contributed by atoms with Crippen molar-refractivity contribution >= 4 is 27.3 Å². The van der Waals surface area contributed by atoms with Gasteiger partial charge in [-0.1, -0.05) is 0 Å². The van der Waals surface area contributed by atoms with Crippen molar-refractivity contribution in [1.29, 1.82) is 0 Å². The highest BCUT2D eigenvalue weighted by Gasteiger charge is 2.29. The Morgan fingerprint density at radius 3 is 2.75 bits per heavy atom. The van der Waals surface area contributed by atoms with E-state index in [9.17, 15) is 13.2 Å². The third-order valence-corrected chi connectivity index (χ3v) is 5.18. The lowest BCUT2D eigenvalue weighted by molar-refractivity contribution is 0.0940. The van der Waals surface area contributed by atoms with E-state index in [-0.39, 0.29) is 11.9 Å². The number of carbonyl (C=O) groups is 1. The predicted octanol–water partition coefficient (Wildman–Crippen LogP) is 1.37. The normalized spacial score (nSPS) is 16.9. The third-order valence-electron chi connectivity index (χ3n) is 3.31. The van der Waals surface area contributed by atoms with E-state index in [1.807, 2.05) is 13.0 Å². The summed E-state index contributed by atoms with van der Waals surface area (Å²) in [6.45, 7) is 2.40. The number of amides is 1. The zero-order valence-corrected chi connectivity index (χ0v) is 13.3.